The standard InChI is InChI=1S/C20H13F3N2O2S2/c1-27-11-6-4-10(5-7-11)17(26)18-16(24)15-12(20(21,22)23)9-13(25-19(15)29-18)14-3-2-8-28-14/h2-9H,24H2,1H3. The first kappa shape index (κ1) is 19.4. The molecule has 0 bridgehead atoms. The zero-order chi connectivity index (χ0) is 20.8. The Morgan fingerprint density at radius 3 is 2.48 bits per heavy atom. The molecule has 1 aromatic carbocycles. The molecule has 2 N–H and O–H groups in total. The number of benzene rings is 1. The number of nitrogen functional groups attached to an aromatic ring is 1. The number of ether oxygens (including phenoxy) is 1. The highest BCUT2D eigenvalue weighted by Gasteiger charge is 2.36. The van der Waals surface area contributed by atoms with E-state index in [1.807, 2.05) is 0 Å². The van der Waals surface area contributed by atoms with Gasteiger partial charge in [0.15, 0.2) is 0 Å². The molecule has 9 heteroatoms. The van der Waals surface area contributed by atoms with Gasteiger partial charge in [0.25, 0.3) is 0 Å². The molecule has 0 aliphatic carbocycles. The van der Waals surface area contributed by atoms with Crippen LogP contribution in [0.5, 0.6) is 5.75 Å². The van der Waals surface area contributed by atoms with Gasteiger partial charge in [-0.25, -0.2) is 4.98 Å². The maximum atomic E-state index is 13.8. The van der Waals surface area contributed by atoms with Crippen LogP contribution in [0.3, 0.4) is 0 Å². The van der Waals surface area contributed by atoms with Crippen LogP contribution in [-0.2, 0) is 6.18 Å². The highest BCUT2D eigenvalue weighted by atomic mass is 32.1. The van der Waals surface area contributed by atoms with Crippen LogP contribution in [0.1, 0.15) is 20.8 Å². The molecule has 0 fully saturated rings. The number of halogens is 3. The second-order valence-electron chi connectivity index (χ2n) is 6.11. The van der Waals surface area contributed by atoms with E-state index in [9.17, 15) is 18.0 Å². The first-order valence-corrected chi connectivity index (χ1v) is 10.0. The number of hydrogen-bond acceptors (Lipinski definition) is 6. The van der Waals surface area contributed by atoms with E-state index in [1.165, 1.54) is 18.4 Å². The van der Waals surface area contributed by atoms with Gasteiger partial charge in [0.05, 0.1) is 28.9 Å². The molecular weight excluding hydrogens is 421 g/mol. The smallest absolute Gasteiger partial charge is 0.417 e. The van der Waals surface area contributed by atoms with Crippen molar-refractivity contribution in [2.45, 2.75) is 6.18 Å². The summed E-state index contributed by atoms with van der Waals surface area (Å²) in [4.78, 5) is 18.0. The van der Waals surface area contributed by atoms with Crippen LogP contribution >= 0.6 is 22.7 Å². The number of aromatic nitrogens is 1. The number of nitrogens with two attached hydrogens (primary N) is 1. The van der Waals surface area contributed by atoms with E-state index >= 15 is 0 Å². The minimum absolute atomic E-state index is 0.0338. The number of fused-ring (bicyclic) bond motifs is 1. The Morgan fingerprint density at radius 2 is 1.90 bits per heavy atom. The Bertz CT molecular complexity index is 1200. The highest BCUT2D eigenvalue weighted by Crippen LogP contribution is 2.44. The molecule has 0 unspecified atom stereocenters. The lowest BCUT2D eigenvalue weighted by atomic mass is 10.1. The topological polar surface area (TPSA) is 65.2 Å². The predicted molar refractivity (Wildman–Crippen MR) is 109 cm³/mol. The number of rotatable bonds is 4. The molecular formula is C20H13F3N2O2S2. The van der Waals surface area contributed by atoms with Gasteiger partial charge >= 0.3 is 6.18 Å². The fourth-order valence-corrected chi connectivity index (χ4v) is 4.71. The summed E-state index contributed by atoms with van der Waals surface area (Å²) in [5, 5.41) is 1.52. The van der Waals surface area contributed by atoms with Crippen LogP contribution < -0.4 is 10.5 Å². The van der Waals surface area contributed by atoms with Crippen LogP contribution in [0.15, 0.2) is 47.8 Å². The third-order valence-corrected chi connectivity index (χ3v) is 6.33. The van der Waals surface area contributed by atoms with Crippen LogP contribution in [0, 0.1) is 0 Å². The zero-order valence-corrected chi connectivity index (χ0v) is 16.5. The molecule has 148 valence electrons. The van der Waals surface area contributed by atoms with Crippen LogP contribution in [0.4, 0.5) is 18.9 Å². The van der Waals surface area contributed by atoms with Gasteiger partial charge in [0.1, 0.15) is 15.5 Å². The van der Waals surface area contributed by atoms with Gasteiger partial charge in [0, 0.05) is 10.9 Å². The Labute approximate surface area is 171 Å². The van der Waals surface area contributed by atoms with Crippen molar-refractivity contribution in [3.05, 3.63) is 63.8 Å². The number of nitrogens with zero attached hydrogens (tertiary/aromatic N) is 1. The maximum Gasteiger partial charge on any atom is 0.417 e. The Kier molecular flexibility index (Phi) is 4.79. The van der Waals surface area contributed by atoms with Gasteiger partial charge < -0.3 is 10.5 Å². The lowest BCUT2D eigenvalue weighted by molar-refractivity contribution is -0.136. The molecule has 0 amide bonds. The summed E-state index contributed by atoms with van der Waals surface area (Å²) >= 11 is 2.15. The number of ketones is 1. The van der Waals surface area contributed by atoms with Gasteiger partial charge in [0.2, 0.25) is 5.78 Å². The molecule has 0 radical (unpaired) electrons. The summed E-state index contributed by atoms with van der Waals surface area (Å²) in [6.07, 6.45) is -4.64. The number of carbonyl (C=O) groups is 1. The van der Waals surface area contributed by atoms with Gasteiger partial charge in [-0.05, 0) is 41.8 Å². The van der Waals surface area contributed by atoms with Crippen LogP contribution in [0.25, 0.3) is 20.8 Å². The molecule has 29 heavy (non-hydrogen) atoms. The number of pyridine rings is 1. The SMILES string of the molecule is COc1ccc(C(=O)c2sc3nc(-c4cccs4)cc(C(F)(F)F)c3c2N)cc1. The molecule has 4 rings (SSSR count). The predicted octanol–water partition coefficient (Wildman–Crippen LogP) is 5.87. The van der Waals surface area contributed by atoms with E-state index in [0.29, 0.717) is 16.2 Å². The number of carbonyl (C=O) groups excluding carboxylic acids is 1. The number of thiophene rings is 2. The van der Waals surface area contributed by atoms with Gasteiger partial charge in [-0.3, -0.25) is 4.79 Å². The van der Waals surface area contributed by atoms with Crippen molar-refractivity contribution < 1.29 is 22.7 Å². The second kappa shape index (κ2) is 7.16. The summed E-state index contributed by atoms with van der Waals surface area (Å²) in [7, 11) is 1.50. The van der Waals surface area contributed by atoms with E-state index in [4.69, 9.17) is 10.5 Å². The lowest BCUT2D eigenvalue weighted by Crippen LogP contribution is -2.08. The van der Waals surface area contributed by atoms with Gasteiger partial charge in [-0.15, -0.1) is 22.7 Å². The minimum Gasteiger partial charge on any atom is -0.497 e. The molecule has 3 heterocycles. The van der Waals surface area contributed by atoms with Crippen molar-refractivity contribution in [3.8, 4) is 16.3 Å². The molecule has 0 aliphatic rings. The quantitative estimate of drug-likeness (QED) is 0.408. The zero-order valence-electron chi connectivity index (χ0n) is 14.9. The summed E-state index contributed by atoms with van der Waals surface area (Å²) in [6, 6.07) is 10.7. The van der Waals surface area contributed by atoms with Gasteiger partial charge in [-0.1, -0.05) is 6.07 Å². The average molecular weight is 434 g/mol. The van der Waals surface area contributed by atoms with Crippen molar-refractivity contribution in [1.82, 2.24) is 4.98 Å². The lowest BCUT2D eigenvalue weighted by Gasteiger charge is -2.10. The minimum atomic E-state index is -4.64. The summed E-state index contributed by atoms with van der Waals surface area (Å²) in [5.74, 6) is 0.103. The number of methoxy groups -OCH3 is 1. The fourth-order valence-electron chi connectivity index (χ4n) is 2.94. The molecule has 0 atom stereocenters. The average Bonchev–Trinajstić information content (AvgIpc) is 3.35. The highest BCUT2D eigenvalue weighted by molar-refractivity contribution is 7.21. The summed E-state index contributed by atoms with van der Waals surface area (Å²) in [6.45, 7) is 0. The molecule has 0 spiro atoms. The van der Waals surface area contributed by atoms with E-state index < -0.39 is 17.5 Å². The molecule has 0 saturated carbocycles. The summed E-state index contributed by atoms with van der Waals surface area (Å²) in [5.41, 5.74) is 5.43. The first-order chi connectivity index (χ1) is 13.8. The largest absolute Gasteiger partial charge is 0.497 e. The van der Waals surface area contributed by atoms with Crippen LogP contribution in [0.2, 0.25) is 0 Å². The monoisotopic (exact) mass is 434 g/mol. The molecule has 3 aromatic heterocycles. The fraction of sp³-hybridized carbons (Fsp3) is 0.100. The molecule has 0 aliphatic heterocycles. The first-order valence-electron chi connectivity index (χ1n) is 8.32. The Morgan fingerprint density at radius 1 is 1.17 bits per heavy atom. The number of hydrogen-bond donors (Lipinski definition) is 1. The van der Waals surface area contributed by atoms with Gasteiger partial charge in [-0.2, -0.15) is 13.2 Å². The Hall–Kier alpha value is -2.91. The van der Waals surface area contributed by atoms with E-state index in [2.05, 4.69) is 4.98 Å². The normalized spacial score (nSPS) is 11.7. The number of anilines is 1. The maximum absolute atomic E-state index is 13.8. The molecule has 4 aromatic rings. The van der Waals surface area contributed by atoms with Crippen molar-refractivity contribution in [2.24, 2.45) is 0 Å². The van der Waals surface area contributed by atoms with Crippen molar-refractivity contribution in [2.75, 3.05) is 12.8 Å². The third-order valence-electron chi connectivity index (χ3n) is 4.34. The summed E-state index contributed by atoms with van der Waals surface area (Å²) < 4.78 is 46.3. The number of alkyl halides is 3. The van der Waals surface area contributed by atoms with Crippen molar-refractivity contribution >= 4 is 44.4 Å². The van der Waals surface area contributed by atoms with Crippen molar-refractivity contribution in [1.29, 1.82) is 0 Å². The Balaban J connectivity index is 1.90. The van der Waals surface area contributed by atoms with Crippen molar-refractivity contribution in [3.63, 3.8) is 0 Å². The van der Waals surface area contributed by atoms with E-state index in [0.717, 1.165) is 17.4 Å². The van der Waals surface area contributed by atoms with E-state index in [1.54, 1.807) is 41.8 Å². The van der Waals surface area contributed by atoms with Crippen LogP contribution in [-0.4, -0.2) is 17.9 Å². The molecule has 4 nitrogen and oxygen atoms in total. The molecule has 0 saturated heterocycles. The second-order valence-corrected chi connectivity index (χ2v) is 8.06. The van der Waals surface area contributed by atoms with E-state index in [-0.39, 0.29) is 26.5 Å². The third kappa shape index (κ3) is 3.47.